The van der Waals surface area contributed by atoms with Crippen LogP contribution in [0.3, 0.4) is 0 Å². The second-order valence-electron chi connectivity index (χ2n) is 5.06. The molecule has 0 aliphatic carbocycles. The lowest BCUT2D eigenvalue weighted by Crippen LogP contribution is -2.62. The van der Waals surface area contributed by atoms with Gasteiger partial charge in [-0.25, -0.2) is 0 Å². The average Bonchev–Trinajstić information content (AvgIpc) is 2.71. The highest BCUT2D eigenvalue weighted by Gasteiger charge is 2.66. The van der Waals surface area contributed by atoms with Crippen molar-refractivity contribution in [2.45, 2.75) is 31.2 Å². The van der Waals surface area contributed by atoms with E-state index in [1.807, 2.05) is 0 Å². The molecule has 122 valence electrons. The second-order valence-corrected chi connectivity index (χ2v) is 5.06. The predicted molar refractivity (Wildman–Crippen MR) is 56.0 cm³/mol. The Balaban J connectivity index is 3.07. The lowest BCUT2D eigenvalue weighted by molar-refractivity contribution is -0.227. The molecule has 1 rings (SSSR count). The zero-order chi connectivity index (χ0) is 16.9. The summed E-state index contributed by atoms with van der Waals surface area (Å²) in [5, 5.41) is 8.75. The molecule has 11 heteroatoms. The zero-order valence-electron chi connectivity index (χ0n) is 10.7. The molecule has 0 saturated carbocycles. The third-order valence-electron chi connectivity index (χ3n) is 3.54. The fraction of sp³-hybridized carbons (Fsp3) is 0.800. The van der Waals surface area contributed by atoms with Crippen molar-refractivity contribution in [3.63, 3.8) is 0 Å². The van der Waals surface area contributed by atoms with Gasteiger partial charge >= 0.3 is 18.3 Å². The number of likely N-dealkylation sites (tertiary alicyclic amines) is 1. The monoisotopic (exact) mass is 322 g/mol. The fourth-order valence-corrected chi connectivity index (χ4v) is 1.96. The number of nitrogens with two attached hydrogens (primary N) is 1. The molecule has 1 heterocycles. The van der Waals surface area contributed by atoms with Gasteiger partial charge in [0.05, 0.1) is 0 Å². The van der Waals surface area contributed by atoms with Crippen molar-refractivity contribution >= 4 is 11.9 Å². The van der Waals surface area contributed by atoms with Crippen molar-refractivity contribution in [1.82, 2.24) is 4.90 Å². The van der Waals surface area contributed by atoms with Crippen molar-refractivity contribution in [2.75, 3.05) is 13.1 Å². The molecule has 21 heavy (non-hydrogen) atoms. The summed E-state index contributed by atoms with van der Waals surface area (Å²) in [6.45, 7) is -1.84. The van der Waals surface area contributed by atoms with Gasteiger partial charge in [-0.15, -0.1) is 0 Å². The first-order valence-corrected chi connectivity index (χ1v) is 5.62. The minimum atomic E-state index is -5.20. The largest absolute Gasteiger partial charge is 0.481 e. The number of carboxylic acid groups (broad SMARTS) is 1. The molecule has 0 radical (unpaired) electrons. The van der Waals surface area contributed by atoms with Gasteiger partial charge in [0.15, 0.2) is 11.0 Å². The third kappa shape index (κ3) is 2.65. The van der Waals surface area contributed by atoms with Crippen molar-refractivity contribution in [3.05, 3.63) is 0 Å². The Labute approximate surface area is 114 Å². The molecule has 1 fully saturated rings. The highest BCUT2D eigenvalue weighted by Crippen LogP contribution is 2.46. The van der Waals surface area contributed by atoms with E-state index in [0.717, 1.165) is 0 Å². The van der Waals surface area contributed by atoms with Gasteiger partial charge in [0, 0.05) is 13.1 Å². The average molecular weight is 322 g/mol. The van der Waals surface area contributed by atoms with Gasteiger partial charge in [-0.05, 0) is 13.3 Å². The number of nitrogens with zero attached hydrogens (tertiary/aromatic N) is 1. The molecule has 1 aliphatic rings. The number of hydrogen-bond donors (Lipinski definition) is 2. The van der Waals surface area contributed by atoms with E-state index in [-0.39, 0.29) is 4.90 Å². The maximum absolute atomic E-state index is 12.9. The van der Waals surface area contributed by atoms with E-state index in [0.29, 0.717) is 6.92 Å². The van der Waals surface area contributed by atoms with Crippen LogP contribution < -0.4 is 5.73 Å². The standard InChI is InChI=1S/C10H12F6N2O3/c1-7(17,9(11,12)13)5(19)18-3-2-8(4-18,6(20)21)10(14,15)16/h2-4,17H2,1H3,(H,20,21). The molecule has 0 aromatic heterocycles. The van der Waals surface area contributed by atoms with Crippen LogP contribution in [0.15, 0.2) is 0 Å². The summed E-state index contributed by atoms with van der Waals surface area (Å²) in [5.41, 5.74) is -1.81. The predicted octanol–water partition coefficient (Wildman–Crippen LogP) is 1.13. The van der Waals surface area contributed by atoms with Crippen LogP contribution in [-0.2, 0) is 9.59 Å². The van der Waals surface area contributed by atoms with Crippen LogP contribution in [0.2, 0.25) is 0 Å². The Morgan fingerprint density at radius 2 is 1.67 bits per heavy atom. The minimum absolute atomic E-state index is 0.190. The van der Waals surface area contributed by atoms with Gasteiger partial charge in [-0.2, -0.15) is 26.3 Å². The smallest absolute Gasteiger partial charge is 0.415 e. The summed E-state index contributed by atoms with van der Waals surface area (Å²) in [4.78, 5) is 22.7. The van der Waals surface area contributed by atoms with Gasteiger partial charge in [-0.3, -0.25) is 9.59 Å². The lowest BCUT2D eigenvalue weighted by Gasteiger charge is -2.32. The topological polar surface area (TPSA) is 83.6 Å². The van der Waals surface area contributed by atoms with Crippen LogP contribution in [0.25, 0.3) is 0 Å². The minimum Gasteiger partial charge on any atom is -0.481 e. The maximum atomic E-state index is 12.9. The summed E-state index contributed by atoms with van der Waals surface area (Å²) in [7, 11) is 0. The SMILES string of the molecule is CC(N)(C(=O)N1CCC(C(=O)O)(C(F)(F)F)C1)C(F)(F)F. The number of carbonyl (C=O) groups excluding carboxylic acids is 1. The Bertz CT molecular complexity index is 459. The molecule has 1 amide bonds. The van der Waals surface area contributed by atoms with E-state index in [9.17, 15) is 35.9 Å². The molecule has 0 spiro atoms. The highest BCUT2D eigenvalue weighted by atomic mass is 19.4. The number of alkyl halides is 6. The first kappa shape index (κ1) is 17.5. The van der Waals surface area contributed by atoms with Crippen molar-refractivity contribution in [1.29, 1.82) is 0 Å². The van der Waals surface area contributed by atoms with Crippen molar-refractivity contribution in [3.8, 4) is 0 Å². The zero-order valence-corrected chi connectivity index (χ0v) is 10.7. The van der Waals surface area contributed by atoms with E-state index in [2.05, 4.69) is 0 Å². The van der Waals surface area contributed by atoms with Gasteiger partial charge in [-0.1, -0.05) is 0 Å². The van der Waals surface area contributed by atoms with Gasteiger partial charge in [0.1, 0.15) is 0 Å². The first-order chi connectivity index (χ1) is 9.17. The van der Waals surface area contributed by atoms with E-state index in [4.69, 9.17) is 10.8 Å². The van der Waals surface area contributed by atoms with Crippen LogP contribution in [0.5, 0.6) is 0 Å². The van der Waals surface area contributed by atoms with Crippen LogP contribution in [0, 0.1) is 5.41 Å². The van der Waals surface area contributed by atoms with Gasteiger partial charge < -0.3 is 15.7 Å². The summed E-state index contributed by atoms with van der Waals surface area (Å²) in [6.07, 6.45) is -11.4. The number of rotatable bonds is 2. The molecule has 1 saturated heterocycles. The Morgan fingerprint density at radius 3 is 1.95 bits per heavy atom. The summed E-state index contributed by atoms with van der Waals surface area (Å²) < 4.78 is 76.4. The lowest BCUT2D eigenvalue weighted by atomic mass is 9.86. The quantitative estimate of drug-likeness (QED) is 0.747. The maximum Gasteiger partial charge on any atom is 0.415 e. The number of carboxylic acids is 1. The molecule has 2 unspecified atom stereocenters. The summed E-state index contributed by atoms with van der Waals surface area (Å²) >= 11 is 0. The van der Waals surface area contributed by atoms with Gasteiger partial charge in [0.25, 0.3) is 5.91 Å². The highest BCUT2D eigenvalue weighted by molar-refractivity contribution is 5.88. The van der Waals surface area contributed by atoms with Crippen molar-refractivity contribution in [2.24, 2.45) is 11.1 Å². The van der Waals surface area contributed by atoms with Crippen LogP contribution >= 0.6 is 0 Å². The summed E-state index contributed by atoms with van der Waals surface area (Å²) in [5.74, 6) is -4.03. The molecule has 5 nitrogen and oxygen atoms in total. The number of hydrogen-bond acceptors (Lipinski definition) is 3. The molecule has 1 aliphatic heterocycles. The third-order valence-corrected chi connectivity index (χ3v) is 3.54. The number of carbonyl (C=O) groups is 2. The Hall–Kier alpha value is -1.52. The molecule has 2 atom stereocenters. The normalized spacial score (nSPS) is 26.6. The molecule has 0 aromatic carbocycles. The number of halogens is 6. The fourth-order valence-electron chi connectivity index (χ4n) is 1.96. The van der Waals surface area contributed by atoms with Crippen molar-refractivity contribution < 1.29 is 41.0 Å². The molecular weight excluding hydrogens is 310 g/mol. The Morgan fingerprint density at radius 1 is 1.19 bits per heavy atom. The molecule has 0 bridgehead atoms. The van der Waals surface area contributed by atoms with E-state index >= 15 is 0 Å². The number of aliphatic carboxylic acids is 1. The molecule has 0 aromatic rings. The number of amides is 1. The molecular formula is C10H12F6N2O3. The van der Waals surface area contributed by atoms with E-state index < -0.39 is 54.7 Å². The van der Waals surface area contributed by atoms with E-state index in [1.54, 1.807) is 0 Å². The second kappa shape index (κ2) is 4.75. The van der Waals surface area contributed by atoms with Crippen LogP contribution in [0.4, 0.5) is 26.3 Å². The summed E-state index contributed by atoms with van der Waals surface area (Å²) in [6, 6.07) is 0. The van der Waals surface area contributed by atoms with Crippen LogP contribution in [0.1, 0.15) is 13.3 Å². The Kier molecular flexibility index (Phi) is 3.97. The first-order valence-electron chi connectivity index (χ1n) is 5.62. The van der Waals surface area contributed by atoms with Gasteiger partial charge in [0.2, 0.25) is 0 Å². The van der Waals surface area contributed by atoms with Crippen LogP contribution in [-0.4, -0.2) is 52.9 Å². The van der Waals surface area contributed by atoms with E-state index in [1.165, 1.54) is 0 Å². The molecule has 3 N–H and O–H groups in total.